The highest BCUT2D eigenvalue weighted by Gasteiger charge is 2.22. The maximum atomic E-state index is 11.7. The number of carboxylic acid groups (broad SMARTS) is 1. The number of carboxylic acids is 1. The number of ether oxygens (including phenoxy) is 1. The van der Waals surface area contributed by atoms with Gasteiger partial charge in [-0.25, -0.2) is 4.79 Å². The van der Waals surface area contributed by atoms with Crippen molar-refractivity contribution in [3.05, 3.63) is 89.4 Å². The number of hydrogen-bond acceptors (Lipinski definition) is 3. The van der Waals surface area contributed by atoms with Crippen LogP contribution < -0.4 is 4.74 Å². The molecule has 0 aliphatic rings. The molecule has 0 spiro atoms. The first-order chi connectivity index (χ1) is 12.6. The Labute approximate surface area is 161 Å². The van der Waals surface area contributed by atoms with Gasteiger partial charge in [-0.3, -0.25) is 0 Å². The zero-order valence-corrected chi connectivity index (χ0v) is 15.4. The third kappa shape index (κ3) is 5.04. The third-order valence-electron chi connectivity index (χ3n) is 3.70. The largest absolute Gasteiger partial charge is 0.478 e. The van der Waals surface area contributed by atoms with Gasteiger partial charge in [0.15, 0.2) is 6.10 Å². The van der Waals surface area contributed by atoms with Crippen molar-refractivity contribution in [3.8, 4) is 5.75 Å². The number of aliphatic carboxylic acids is 1. The number of carbonyl (C=O) groups is 1. The van der Waals surface area contributed by atoms with Crippen molar-refractivity contribution in [2.75, 3.05) is 0 Å². The number of hydrogen-bond donors (Lipinski definition) is 1. The van der Waals surface area contributed by atoms with E-state index in [1.807, 2.05) is 54.6 Å². The van der Waals surface area contributed by atoms with Crippen LogP contribution in [0.4, 0.5) is 0 Å². The highest BCUT2D eigenvalue weighted by Crippen LogP contribution is 2.31. The topological polar surface area (TPSA) is 46.5 Å². The van der Waals surface area contributed by atoms with Crippen molar-refractivity contribution in [2.45, 2.75) is 22.3 Å². The second kappa shape index (κ2) is 8.79. The minimum Gasteiger partial charge on any atom is -0.478 e. The van der Waals surface area contributed by atoms with Gasteiger partial charge in [0.1, 0.15) is 5.75 Å². The van der Waals surface area contributed by atoms with Crippen LogP contribution in [0.15, 0.2) is 88.7 Å². The molecule has 0 saturated carbocycles. The summed E-state index contributed by atoms with van der Waals surface area (Å²) in [6, 6.07) is 24.5. The highest BCUT2D eigenvalue weighted by atomic mass is 35.5. The van der Waals surface area contributed by atoms with E-state index in [2.05, 4.69) is 0 Å². The van der Waals surface area contributed by atoms with Crippen LogP contribution in [0.2, 0.25) is 5.02 Å². The van der Waals surface area contributed by atoms with Gasteiger partial charge in [-0.05, 0) is 42.0 Å². The quantitative estimate of drug-likeness (QED) is 0.578. The fraction of sp³-hybridized carbons (Fsp3) is 0.0952. The van der Waals surface area contributed by atoms with E-state index < -0.39 is 12.1 Å². The maximum Gasteiger partial charge on any atom is 0.345 e. The molecule has 3 aromatic rings. The van der Waals surface area contributed by atoms with Crippen LogP contribution in [0, 0.1) is 0 Å². The van der Waals surface area contributed by atoms with Gasteiger partial charge in [-0.2, -0.15) is 0 Å². The molecule has 0 unspecified atom stereocenters. The first kappa shape index (κ1) is 18.4. The molecule has 3 nitrogen and oxygen atoms in total. The lowest BCUT2D eigenvalue weighted by atomic mass is 10.1. The van der Waals surface area contributed by atoms with Gasteiger partial charge < -0.3 is 9.84 Å². The monoisotopic (exact) mass is 384 g/mol. The molecule has 0 radical (unpaired) electrons. The summed E-state index contributed by atoms with van der Waals surface area (Å²) in [5.41, 5.74) is 0.927. The molecule has 3 rings (SSSR count). The average molecular weight is 385 g/mol. The van der Waals surface area contributed by atoms with Crippen molar-refractivity contribution >= 4 is 29.3 Å². The van der Waals surface area contributed by atoms with Crippen molar-refractivity contribution in [2.24, 2.45) is 0 Å². The molecule has 132 valence electrons. The van der Waals surface area contributed by atoms with Crippen molar-refractivity contribution in [3.63, 3.8) is 0 Å². The van der Waals surface area contributed by atoms with Gasteiger partial charge in [0.05, 0.1) is 0 Å². The Morgan fingerprint density at radius 2 is 1.73 bits per heavy atom. The Kier molecular flexibility index (Phi) is 6.21. The molecule has 1 N–H and O–H groups in total. The van der Waals surface area contributed by atoms with E-state index in [4.69, 9.17) is 16.3 Å². The van der Waals surface area contributed by atoms with E-state index in [0.717, 1.165) is 15.4 Å². The molecule has 0 aliphatic carbocycles. The van der Waals surface area contributed by atoms with E-state index in [-0.39, 0.29) is 6.42 Å². The number of halogens is 1. The molecule has 0 fully saturated rings. The lowest BCUT2D eigenvalue weighted by molar-refractivity contribution is -0.145. The predicted octanol–water partition coefficient (Wildman–Crippen LogP) is 5.57. The lowest BCUT2D eigenvalue weighted by Crippen LogP contribution is -2.29. The van der Waals surface area contributed by atoms with Gasteiger partial charge in [0, 0.05) is 21.2 Å². The van der Waals surface area contributed by atoms with E-state index in [9.17, 15) is 9.90 Å². The molecular weight excluding hydrogens is 368 g/mol. The molecule has 5 heteroatoms. The summed E-state index contributed by atoms with van der Waals surface area (Å²) in [5, 5.41) is 10.1. The number of benzene rings is 3. The Morgan fingerprint density at radius 1 is 1.00 bits per heavy atom. The standard InChI is InChI=1S/C21H17ClO3S/c22-16-8-6-9-17(14-16)25-19(21(23)24)13-15-7-4-5-12-20(15)26-18-10-2-1-3-11-18/h1-12,14,19H,13H2,(H,23,24)/t19-/m0/s1. The molecule has 26 heavy (non-hydrogen) atoms. The van der Waals surface area contributed by atoms with Crippen LogP contribution in [0.3, 0.4) is 0 Å². The van der Waals surface area contributed by atoms with E-state index >= 15 is 0 Å². The van der Waals surface area contributed by atoms with Crippen molar-refractivity contribution in [1.29, 1.82) is 0 Å². The minimum atomic E-state index is -1.01. The molecule has 3 aromatic carbocycles. The van der Waals surface area contributed by atoms with Crippen molar-refractivity contribution in [1.82, 2.24) is 0 Å². The van der Waals surface area contributed by atoms with Crippen LogP contribution in [0.25, 0.3) is 0 Å². The molecule has 0 saturated heterocycles. The maximum absolute atomic E-state index is 11.7. The Bertz CT molecular complexity index is 883. The first-order valence-electron chi connectivity index (χ1n) is 8.07. The lowest BCUT2D eigenvalue weighted by Gasteiger charge is -2.17. The summed E-state index contributed by atoms with van der Waals surface area (Å²) in [6.07, 6.45) is -0.733. The summed E-state index contributed by atoms with van der Waals surface area (Å²) in [6.45, 7) is 0. The Morgan fingerprint density at radius 3 is 2.46 bits per heavy atom. The zero-order valence-electron chi connectivity index (χ0n) is 13.8. The van der Waals surface area contributed by atoms with Crippen molar-refractivity contribution < 1.29 is 14.6 Å². The van der Waals surface area contributed by atoms with Gasteiger partial charge >= 0.3 is 5.97 Å². The molecule has 0 heterocycles. The van der Waals surface area contributed by atoms with Crippen LogP contribution >= 0.6 is 23.4 Å². The smallest absolute Gasteiger partial charge is 0.345 e. The van der Waals surface area contributed by atoms with E-state index in [0.29, 0.717) is 10.8 Å². The Hall–Kier alpha value is -2.43. The average Bonchev–Trinajstić information content (AvgIpc) is 2.63. The summed E-state index contributed by atoms with van der Waals surface area (Å²) in [7, 11) is 0. The second-order valence-electron chi connectivity index (χ2n) is 5.63. The summed E-state index contributed by atoms with van der Waals surface area (Å²) >= 11 is 7.56. The Balaban J connectivity index is 1.80. The fourth-order valence-corrected chi connectivity index (χ4v) is 3.63. The molecule has 0 aliphatic heterocycles. The van der Waals surface area contributed by atoms with E-state index in [1.165, 1.54) is 0 Å². The third-order valence-corrected chi connectivity index (χ3v) is 5.06. The van der Waals surface area contributed by atoms with Crippen LogP contribution in [0.1, 0.15) is 5.56 Å². The second-order valence-corrected chi connectivity index (χ2v) is 7.18. The SMILES string of the molecule is O=C(O)[C@H](Cc1ccccc1Sc1ccccc1)Oc1cccc(Cl)c1. The van der Waals surface area contributed by atoms with Crippen LogP contribution in [-0.4, -0.2) is 17.2 Å². The van der Waals surface area contributed by atoms with Crippen LogP contribution in [-0.2, 0) is 11.2 Å². The fourth-order valence-electron chi connectivity index (χ4n) is 2.47. The molecular formula is C21H17ClO3S. The van der Waals surface area contributed by atoms with Gasteiger partial charge in [0.25, 0.3) is 0 Å². The summed E-state index contributed by atoms with van der Waals surface area (Å²) < 4.78 is 5.67. The molecule has 0 bridgehead atoms. The number of rotatable bonds is 7. The molecule has 0 amide bonds. The molecule has 1 atom stereocenters. The van der Waals surface area contributed by atoms with E-state index in [1.54, 1.807) is 36.0 Å². The highest BCUT2D eigenvalue weighted by molar-refractivity contribution is 7.99. The zero-order chi connectivity index (χ0) is 18.4. The van der Waals surface area contributed by atoms with Gasteiger partial charge in [-0.1, -0.05) is 65.8 Å². The summed E-state index contributed by atoms with van der Waals surface area (Å²) in [5.74, 6) is -0.567. The van der Waals surface area contributed by atoms with Crippen LogP contribution in [0.5, 0.6) is 5.75 Å². The van der Waals surface area contributed by atoms with Gasteiger partial charge in [-0.15, -0.1) is 0 Å². The predicted molar refractivity (Wildman–Crippen MR) is 104 cm³/mol. The summed E-state index contributed by atoms with van der Waals surface area (Å²) in [4.78, 5) is 13.8. The van der Waals surface area contributed by atoms with Gasteiger partial charge in [0.2, 0.25) is 0 Å². The minimum absolute atomic E-state index is 0.262. The normalized spacial score (nSPS) is 11.7. The molecule has 0 aromatic heterocycles. The first-order valence-corrected chi connectivity index (χ1v) is 9.27.